The van der Waals surface area contributed by atoms with Gasteiger partial charge in [-0.05, 0) is 64.8 Å². The highest BCUT2D eigenvalue weighted by Crippen LogP contribution is 2.34. The van der Waals surface area contributed by atoms with E-state index in [2.05, 4.69) is 10.4 Å². The zero-order valence-corrected chi connectivity index (χ0v) is 24.4. The van der Waals surface area contributed by atoms with E-state index in [-0.39, 0.29) is 25.1 Å². The molecule has 1 fully saturated rings. The number of nitrogens with zero attached hydrogens (tertiary/aromatic N) is 4. The summed E-state index contributed by atoms with van der Waals surface area (Å²) in [6.07, 6.45) is 3.21. The van der Waals surface area contributed by atoms with Crippen molar-refractivity contribution in [3.05, 3.63) is 66.5 Å². The van der Waals surface area contributed by atoms with Crippen molar-refractivity contribution in [1.82, 2.24) is 14.7 Å². The van der Waals surface area contributed by atoms with Gasteiger partial charge in [-0.25, -0.2) is 4.79 Å². The molecule has 3 heterocycles. The molecule has 5 rings (SSSR count). The van der Waals surface area contributed by atoms with Crippen LogP contribution in [0.15, 0.2) is 60.9 Å². The molecule has 0 aliphatic carbocycles. The standard InChI is InChI=1S/C31H37N5O6/c1-21-11-13-23(14-12-21)40-24-8-7-15-34(18-24)28(37)20-35-17-22(16-32-35)33-29(38)27-19-36(30(39)42-31(2,3)4)25-9-5-6-10-26(25)41-27/h5-6,9-14,16-17,24,27H,7-8,15,18-20H2,1-4H3,(H,33,38)/t24-,27?/m0/s1. The molecule has 2 aliphatic heterocycles. The zero-order valence-electron chi connectivity index (χ0n) is 24.4. The number of hydrogen-bond donors (Lipinski definition) is 1. The van der Waals surface area contributed by atoms with Gasteiger partial charge in [0.25, 0.3) is 5.91 Å². The number of aromatic nitrogens is 2. The Balaban J connectivity index is 1.17. The van der Waals surface area contributed by atoms with E-state index in [1.807, 2.05) is 31.2 Å². The van der Waals surface area contributed by atoms with E-state index in [1.165, 1.54) is 15.8 Å². The Hall–Kier alpha value is -4.54. The number of likely N-dealkylation sites (tertiary alicyclic amines) is 1. The third kappa shape index (κ3) is 7.20. The van der Waals surface area contributed by atoms with E-state index in [9.17, 15) is 14.4 Å². The highest BCUT2D eigenvalue weighted by molar-refractivity contribution is 5.98. The fourth-order valence-corrected chi connectivity index (χ4v) is 4.91. The third-order valence-electron chi connectivity index (χ3n) is 6.93. The lowest BCUT2D eigenvalue weighted by Crippen LogP contribution is -2.50. The van der Waals surface area contributed by atoms with Crippen LogP contribution in [-0.4, -0.2) is 70.0 Å². The number of para-hydroxylation sites is 2. The van der Waals surface area contributed by atoms with Crippen LogP contribution in [0.4, 0.5) is 16.2 Å². The Labute approximate surface area is 245 Å². The lowest BCUT2D eigenvalue weighted by atomic mass is 10.1. The van der Waals surface area contributed by atoms with Gasteiger partial charge in [0, 0.05) is 12.7 Å². The normalized spacial score (nSPS) is 18.5. The number of carbonyl (C=O) groups excluding carboxylic acids is 3. The minimum atomic E-state index is -0.976. The maximum Gasteiger partial charge on any atom is 0.415 e. The number of piperidine rings is 1. The molecular weight excluding hydrogens is 538 g/mol. The smallest absolute Gasteiger partial charge is 0.415 e. The first-order valence-corrected chi connectivity index (χ1v) is 14.1. The molecule has 1 aromatic heterocycles. The molecule has 42 heavy (non-hydrogen) atoms. The number of anilines is 2. The molecule has 1 N–H and O–H groups in total. The lowest BCUT2D eigenvalue weighted by molar-refractivity contribution is -0.134. The molecule has 3 amide bonds. The van der Waals surface area contributed by atoms with Gasteiger partial charge in [-0.2, -0.15) is 5.10 Å². The van der Waals surface area contributed by atoms with Crippen LogP contribution in [0, 0.1) is 6.92 Å². The molecule has 3 aromatic rings. The molecular formula is C31H37N5O6. The lowest BCUT2D eigenvalue weighted by Gasteiger charge is -2.35. The van der Waals surface area contributed by atoms with Crippen molar-refractivity contribution in [3.8, 4) is 11.5 Å². The van der Waals surface area contributed by atoms with Crippen molar-refractivity contribution in [1.29, 1.82) is 0 Å². The van der Waals surface area contributed by atoms with Gasteiger partial charge in [-0.1, -0.05) is 29.8 Å². The minimum Gasteiger partial charge on any atom is -0.489 e. The van der Waals surface area contributed by atoms with Crippen LogP contribution in [-0.2, 0) is 20.9 Å². The summed E-state index contributed by atoms with van der Waals surface area (Å²) >= 11 is 0. The quantitative estimate of drug-likeness (QED) is 0.463. The maximum atomic E-state index is 13.2. The van der Waals surface area contributed by atoms with Gasteiger partial charge >= 0.3 is 6.09 Å². The predicted molar refractivity (Wildman–Crippen MR) is 157 cm³/mol. The van der Waals surface area contributed by atoms with Gasteiger partial charge in [-0.3, -0.25) is 19.2 Å². The topological polar surface area (TPSA) is 115 Å². The number of rotatable bonds is 6. The number of ether oxygens (including phenoxy) is 3. The Morgan fingerprint density at radius 2 is 1.83 bits per heavy atom. The molecule has 0 bridgehead atoms. The number of fused-ring (bicyclic) bond motifs is 1. The van der Waals surface area contributed by atoms with E-state index in [0.29, 0.717) is 30.2 Å². The first kappa shape index (κ1) is 29.0. The fourth-order valence-electron chi connectivity index (χ4n) is 4.91. The van der Waals surface area contributed by atoms with E-state index in [4.69, 9.17) is 14.2 Å². The Morgan fingerprint density at radius 1 is 1.07 bits per heavy atom. The zero-order chi connectivity index (χ0) is 29.9. The summed E-state index contributed by atoms with van der Waals surface area (Å²) in [4.78, 5) is 42.4. The number of carbonyl (C=O) groups is 3. The summed E-state index contributed by atoms with van der Waals surface area (Å²) in [5.41, 5.74) is 1.42. The van der Waals surface area contributed by atoms with E-state index in [1.54, 1.807) is 56.1 Å². The van der Waals surface area contributed by atoms with Crippen LogP contribution < -0.4 is 19.7 Å². The summed E-state index contributed by atoms with van der Waals surface area (Å²) in [5, 5.41) is 7.05. The molecule has 2 aromatic carbocycles. The molecule has 11 nitrogen and oxygen atoms in total. The summed E-state index contributed by atoms with van der Waals surface area (Å²) in [7, 11) is 0. The number of benzene rings is 2. The van der Waals surface area contributed by atoms with Crippen LogP contribution in [0.5, 0.6) is 11.5 Å². The van der Waals surface area contributed by atoms with E-state index >= 15 is 0 Å². The second-order valence-electron chi connectivity index (χ2n) is 11.6. The average Bonchev–Trinajstić information content (AvgIpc) is 3.39. The highest BCUT2D eigenvalue weighted by atomic mass is 16.6. The number of nitrogens with one attached hydrogen (secondary N) is 1. The van der Waals surface area contributed by atoms with Gasteiger partial charge < -0.3 is 24.4 Å². The van der Waals surface area contributed by atoms with Gasteiger partial charge in [-0.15, -0.1) is 0 Å². The van der Waals surface area contributed by atoms with Crippen molar-refractivity contribution in [2.75, 3.05) is 29.9 Å². The predicted octanol–water partition coefficient (Wildman–Crippen LogP) is 4.40. The number of hydrogen-bond acceptors (Lipinski definition) is 7. The average molecular weight is 576 g/mol. The molecule has 0 saturated carbocycles. The van der Waals surface area contributed by atoms with Gasteiger partial charge in [0.15, 0.2) is 6.10 Å². The van der Waals surface area contributed by atoms with Crippen LogP contribution in [0.1, 0.15) is 39.2 Å². The van der Waals surface area contributed by atoms with Crippen LogP contribution in [0.2, 0.25) is 0 Å². The Morgan fingerprint density at radius 3 is 2.60 bits per heavy atom. The Bertz CT molecular complexity index is 1430. The molecule has 2 aliphatic rings. The van der Waals surface area contributed by atoms with E-state index in [0.717, 1.165) is 24.2 Å². The molecule has 222 valence electrons. The number of aryl methyl sites for hydroxylation is 1. The Kier molecular flexibility index (Phi) is 8.37. The van der Waals surface area contributed by atoms with Gasteiger partial charge in [0.1, 0.15) is 29.7 Å². The molecule has 1 unspecified atom stereocenters. The molecule has 1 saturated heterocycles. The highest BCUT2D eigenvalue weighted by Gasteiger charge is 2.36. The number of amides is 3. The minimum absolute atomic E-state index is 0.0226. The van der Waals surface area contributed by atoms with Gasteiger partial charge in [0.2, 0.25) is 5.91 Å². The molecule has 0 spiro atoms. The maximum absolute atomic E-state index is 13.2. The first-order valence-electron chi connectivity index (χ1n) is 14.1. The monoisotopic (exact) mass is 575 g/mol. The second kappa shape index (κ2) is 12.1. The largest absolute Gasteiger partial charge is 0.489 e. The summed E-state index contributed by atoms with van der Waals surface area (Å²) in [6, 6.07) is 14.9. The van der Waals surface area contributed by atoms with Crippen molar-refractivity contribution < 1.29 is 28.6 Å². The van der Waals surface area contributed by atoms with Crippen LogP contribution >= 0.6 is 0 Å². The van der Waals surface area contributed by atoms with Gasteiger partial charge in [0.05, 0.1) is 30.7 Å². The van der Waals surface area contributed by atoms with E-state index < -0.39 is 23.7 Å². The van der Waals surface area contributed by atoms with Crippen molar-refractivity contribution in [2.45, 2.75) is 64.9 Å². The molecule has 2 atom stereocenters. The van der Waals surface area contributed by atoms with Crippen molar-refractivity contribution in [3.63, 3.8) is 0 Å². The summed E-state index contributed by atoms with van der Waals surface area (Å²) in [6.45, 7) is 8.56. The fraction of sp³-hybridized carbons (Fsp3) is 0.419. The summed E-state index contributed by atoms with van der Waals surface area (Å²) < 4.78 is 19.1. The second-order valence-corrected chi connectivity index (χ2v) is 11.6. The molecule has 0 radical (unpaired) electrons. The SMILES string of the molecule is Cc1ccc(O[C@H]2CCCN(C(=O)Cn3cc(NC(=O)C4CN(C(=O)OC(C)(C)C)c5ccccc5O4)cn3)C2)cc1. The van der Waals surface area contributed by atoms with Crippen molar-refractivity contribution in [2.24, 2.45) is 0 Å². The van der Waals surface area contributed by atoms with Crippen LogP contribution in [0.3, 0.4) is 0 Å². The molecule has 11 heteroatoms. The third-order valence-corrected chi connectivity index (χ3v) is 6.93. The van der Waals surface area contributed by atoms with Crippen molar-refractivity contribution >= 4 is 29.3 Å². The van der Waals surface area contributed by atoms with Crippen LogP contribution in [0.25, 0.3) is 0 Å². The summed E-state index contributed by atoms with van der Waals surface area (Å²) in [5.74, 6) is 0.679. The first-order chi connectivity index (χ1) is 20.0.